The normalized spacial score (nSPS) is 20.8. The zero-order valence-corrected chi connectivity index (χ0v) is 14.5. The quantitative estimate of drug-likeness (QED) is 0.647. The van der Waals surface area contributed by atoms with Crippen molar-refractivity contribution in [3.05, 3.63) is 41.5 Å². The first kappa shape index (κ1) is 18.4. The van der Waals surface area contributed by atoms with E-state index >= 15 is 0 Å². The van der Waals surface area contributed by atoms with Crippen LogP contribution in [0, 0.1) is 18.8 Å². The van der Waals surface area contributed by atoms with E-state index in [1.54, 1.807) is 0 Å². The summed E-state index contributed by atoms with van der Waals surface area (Å²) in [5, 5.41) is 8.63. The number of carbonyl (C=O) groups excluding carboxylic acids is 1. The van der Waals surface area contributed by atoms with Gasteiger partial charge in [-0.25, -0.2) is 0 Å². The lowest BCUT2D eigenvalue weighted by molar-refractivity contribution is -0.137. The Morgan fingerprint density at radius 3 is 2.79 bits per heavy atom. The van der Waals surface area contributed by atoms with Gasteiger partial charge in [0.1, 0.15) is 5.78 Å². The summed E-state index contributed by atoms with van der Waals surface area (Å²) >= 11 is 0. The highest BCUT2D eigenvalue weighted by atomic mass is 16.4. The standard InChI is InChI=1S/C21H28O3/c1-16-7-6-8-17(15-16)11-12-18-13-14-20(22)19(18)9-4-2-3-5-10-21(23)24/h6-8,11-12,15,18-19H,2-5,9-10,13-14H2,1H3,(H,23,24)/t18-,19+/m1/s1. The second-order valence-electron chi connectivity index (χ2n) is 6.90. The van der Waals surface area contributed by atoms with Gasteiger partial charge in [-0.05, 0) is 37.7 Å². The van der Waals surface area contributed by atoms with Crippen molar-refractivity contribution in [2.24, 2.45) is 11.8 Å². The molecule has 1 aliphatic rings. The van der Waals surface area contributed by atoms with Crippen molar-refractivity contribution in [3.63, 3.8) is 0 Å². The Kier molecular flexibility index (Phi) is 7.23. The van der Waals surface area contributed by atoms with Gasteiger partial charge in [0.15, 0.2) is 0 Å². The number of aryl methyl sites for hydroxylation is 1. The molecule has 3 heteroatoms. The first-order valence-electron chi connectivity index (χ1n) is 9.05. The average molecular weight is 328 g/mol. The van der Waals surface area contributed by atoms with E-state index in [2.05, 4.69) is 43.3 Å². The molecule has 2 rings (SSSR count). The predicted molar refractivity (Wildman–Crippen MR) is 96.8 cm³/mol. The van der Waals surface area contributed by atoms with Crippen molar-refractivity contribution >= 4 is 17.8 Å². The van der Waals surface area contributed by atoms with Crippen LogP contribution in [-0.4, -0.2) is 16.9 Å². The van der Waals surface area contributed by atoms with Gasteiger partial charge in [0.25, 0.3) is 0 Å². The molecule has 1 aromatic carbocycles. The molecule has 1 saturated carbocycles. The van der Waals surface area contributed by atoms with Gasteiger partial charge in [0, 0.05) is 18.8 Å². The summed E-state index contributed by atoms with van der Waals surface area (Å²) in [4.78, 5) is 22.6. The Labute approximate surface area is 144 Å². The van der Waals surface area contributed by atoms with Crippen LogP contribution in [0.1, 0.15) is 62.5 Å². The maximum absolute atomic E-state index is 12.1. The van der Waals surface area contributed by atoms with E-state index in [9.17, 15) is 9.59 Å². The monoisotopic (exact) mass is 328 g/mol. The number of ketones is 1. The van der Waals surface area contributed by atoms with Crippen LogP contribution in [0.2, 0.25) is 0 Å². The molecule has 0 heterocycles. The second kappa shape index (κ2) is 9.41. The molecule has 0 unspecified atom stereocenters. The van der Waals surface area contributed by atoms with E-state index in [-0.39, 0.29) is 12.3 Å². The minimum absolute atomic E-state index is 0.158. The van der Waals surface area contributed by atoms with Gasteiger partial charge in [-0.15, -0.1) is 0 Å². The van der Waals surface area contributed by atoms with Crippen molar-refractivity contribution < 1.29 is 14.7 Å². The summed E-state index contributed by atoms with van der Waals surface area (Å²) < 4.78 is 0. The van der Waals surface area contributed by atoms with Gasteiger partial charge in [-0.3, -0.25) is 9.59 Å². The molecule has 0 amide bonds. The molecule has 0 bridgehead atoms. The predicted octanol–water partition coefficient (Wildman–Crippen LogP) is 5.03. The third kappa shape index (κ3) is 5.95. The van der Waals surface area contributed by atoms with Crippen molar-refractivity contribution in [2.75, 3.05) is 0 Å². The number of unbranched alkanes of at least 4 members (excludes halogenated alkanes) is 3. The summed E-state index contributed by atoms with van der Waals surface area (Å²) in [6.07, 6.45) is 10.9. The van der Waals surface area contributed by atoms with Crippen LogP contribution in [0.25, 0.3) is 6.08 Å². The van der Waals surface area contributed by atoms with Gasteiger partial charge in [0.05, 0.1) is 0 Å². The highest BCUT2D eigenvalue weighted by molar-refractivity contribution is 5.84. The minimum atomic E-state index is -0.720. The largest absolute Gasteiger partial charge is 0.481 e. The number of aliphatic carboxylic acids is 1. The van der Waals surface area contributed by atoms with Crippen LogP contribution >= 0.6 is 0 Å². The fourth-order valence-electron chi connectivity index (χ4n) is 3.54. The number of carbonyl (C=O) groups is 2. The Bertz CT molecular complexity index is 589. The molecule has 3 nitrogen and oxygen atoms in total. The minimum Gasteiger partial charge on any atom is -0.481 e. The zero-order valence-electron chi connectivity index (χ0n) is 14.5. The third-order valence-corrected chi connectivity index (χ3v) is 4.89. The van der Waals surface area contributed by atoms with Gasteiger partial charge in [0.2, 0.25) is 0 Å². The number of hydrogen-bond donors (Lipinski definition) is 1. The SMILES string of the molecule is Cc1cccc(C=C[C@@H]2CCC(=O)[C@H]2CCCCCCC(=O)O)c1. The number of hydrogen-bond acceptors (Lipinski definition) is 2. The highest BCUT2D eigenvalue weighted by Gasteiger charge is 2.32. The molecule has 1 fully saturated rings. The van der Waals surface area contributed by atoms with Crippen molar-refractivity contribution in [2.45, 2.75) is 58.3 Å². The molecule has 0 aromatic heterocycles. The summed E-state index contributed by atoms with van der Waals surface area (Å²) in [6, 6.07) is 8.40. The molecule has 1 aliphatic carbocycles. The van der Waals surface area contributed by atoms with E-state index in [1.807, 2.05) is 0 Å². The van der Waals surface area contributed by atoms with Gasteiger partial charge in [-0.2, -0.15) is 0 Å². The summed E-state index contributed by atoms with van der Waals surface area (Å²) in [6.45, 7) is 2.09. The molecule has 130 valence electrons. The van der Waals surface area contributed by atoms with Gasteiger partial charge < -0.3 is 5.11 Å². The van der Waals surface area contributed by atoms with E-state index < -0.39 is 5.97 Å². The van der Waals surface area contributed by atoms with Crippen molar-refractivity contribution in [1.82, 2.24) is 0 Å². The Morgan fingerprint density at radius 1 is 1.25 bits per heavy atom. The molecule has 24 heavy (non-hydrogen) atoms. The van der Waals surface area contributed by atoms with E-state index in [4.69, 9.17) is 5.11 Å². The average Bonchev–Trinajstić information content (AvgIpc) is 2.89. The fourth-order valence-corrected chi connectivity index (χ4v) is 3.54. The molecule has 0 saturated heterocycles. The first-order chi connectivity index (χ1) is 11.6. The highest BCUT2D eigenvalue weighted by Crippen LogP contribution is 2.34. The van der Waals surface area contributed by atoms with Crippen LogP contribution in [-0.2, 0) is 9.59 Å². The van der Waals surface area contributed by atoms with Crippen LogP contribution in [0.15, 0.2) is 30.3 Å². The molecular weight excluding hydrogens is 300 g/mol. The van der Waals surface area contributed by atoms with Crippen LogP contribution in [0.3, 0.4) is 0 Å². The van der Waals surface area contributed by atoms with Crippen LogP contribution < -0.4 is 0 Å². The Balaban J connectivity index is 1.79. The first-order valence-corrected chi connectivity index (χ1v) is 9.05. The van der Waals surface area contributed by atoms with E-state index in [0.717, 1.165) is 38.5 Å². The number of benzene rings is 1. The Morgan fingerprint density at radius 2 is 2.04 bits per heavy atom. The third-order valence-electron chi connectivity index (χ3n) is 4.89. The summed E-state index contributed by atoms with van der Waals surface area (Å²) in [5.74, 6) is 0.198. The lowest BCUT2D eigenvalue weighted by Gasteiger charge is -2.14. The zero-order chi connectivity index (χ0) is 17.4. The molecule has 0 radical (unpaired) electrons. The number of carboxylic acids is 1. The fraction of sp³-hybridized carbons (Fsp3) is 0.524. The van der Waals surface area contributed by atoms with E-state index in [1.165, 1.54) is 11.1 Å². The molecular formula is C21H28O3. The Hall–Kier alpha value is -1.90. The van der Waals surface area contributed by atoms with Gasteiger partial charge >= 0.3 is 5.97 Å². The van der Waals surface area contributed by atoms with Crippen molar-refractivity contribution in [3.8, 4) is 0 Å². The van der Waals surface area contributed by atoms with Crippen LogP contribution in [0.4, 0.5) is 0 Å². The lowest BCUT2D eigenvalue weighted by Crippen LogP contribution is -2.13. The molecule has 1 aromatic rings. The van der Waals surface area contributed by atoms with Crippen molar-refractivity contribution in [1.29, 1.82) is 0 Å². The van der Waals surface area contributed by atoms with E-state index in [0.29, 0.717) is 18.1 Å². The number of rotatable bonds is 9. The maximum atomic E-state index is 12.1. The molecule has 1 N–H and O–H groups in total. The van der Waals surface area contributed by atoms with Gasteiger partial charge in [-0.1, -0.05) is 61.2 Å². The molecule has 0 spiro atoms. The smallest absolute Gasteiger partial charge is 0.303 e. The molecule has 0 aliphatic heterocycles. The number of Topliss-reactive ketones (excluding diaryl/α,β-unsaturated/α-hetero) is 1. The van der Waals surface area contributed by atoms with Crippen LogP contribution in [0.5, 0.6) is 0 Å². The summed E-state index contributed by atoms with van der Waals surface area (Å²) in [7, 11) is 0. The maximum Gasteiger partial charge on any atom is 0.303 e. The summed E-state index contributed by atoms with van der Waals surface area (Å²) in [5.41, 5.74) is 2.44. The number of carboxylic acid groups (broad SMARTS) is 1. The lowest BCUT2D eigenvalue weighted by atomic mass is 9.89. The molecule has 2 atom stereocenters. The topological polar surface area (TPSA) is 54.4 Å². The number of allylic oxidation sites excluding steroid dienone is 1. The second-order valence-corrected chi connectivity index (χ2v) is 6.90.